The summed E-state index contributed by atoms with van der Waals surface area (Å²) in [6.07, 6.45) is -8.08. The number of rotatable bonds is 4. The lowest BCUT2D eigenvalue weighted by molar-refractivity contribution is -0.388. The van der Waals surface area contributed by atoms with Crippen LogP contribution in [0.4, 0.5) is 39.5 Å². The van der Waals surface area contributed by atoms with Crippen LogP contribution in [0.5, 0.6) is 0 Å². The van der Waals surface area contributed by atoms with Crippen molar-refractivity contribution in [3.8, 4) is 0 Å². The van der Waals surface area contributed by atoms with E-state index >= 15 is 0 Å². The fraction of sp³-hybridized carbons (Fsp3) is 0.625. The van der Waals surface area contributed by atoms with E-state index in [1.165, 1.54) is 0 Å². The predicted molar refractivity (Wildman–Crippen MR) is 42.3 cm³/mol. The van der Waals surface area contributed by atoms with Crippen LogP contribution >= 0.6 is 0 Å². The first-order chi connectivity index (χ1) is 8.08. The van der Waals surface area contributed by atoms with Gasteiger partial charge in [0, 0.05) is 11.6 Å². The normalized spacial score (nSPS) is 15.6. The fourth-order valence-corrected chi connectivity index (χ4v) is 0.812. The molecule has 0 aliphatic rings. The molecule has 0 aromatic carbocycles. The Morgan fingerprint density at radius 2 is 1.26 bits per heavy atom. The van der Waals surface area contributed by atoms with Crippen molar-refractivity contribution in [1.82, 2.24) is 0 Å². The molecular formula is C8H5F9O2. The monoisotopic (exact) mass is 304 g/mol. The molecule has 2 nitrogen and oxygen atoms in total. The van der Waals surface area contributed by atoms with Crippen LogP contribution in [0.1, 0.15) is 6.92 Å². The maximum Gasteiger partial charge on any atom is 0.460 e. The van der Waals surface area contributed by atoms with Crippen molar-refractivity contribution in [2.75, 3.05) is 0 Å². The zero-order valence-electron chi connectivity index (χ0n) is 8.83. The molecule has 0 rings (SSSR count). The number of aliphatic carboxylic acids is 1. The lowest BCUT2D eigenvalue weighted by atomic mass is 10.0. The Kier molecular flexibility index (Phi) is 4.26. The second-order valence-corrected chi connectivity index (χ2v) is 3.40. The molecule has 0 aromatic rings. The summed E-state index contributed by atoms with van der Waals surface area (Å²) in [4.78, 5) is 10.1. The molecule has 19 heavy (non-hydrogen) atoms. The van der Waals surface area contributed by atoms with Gasteiger partial charge in [-0.05, 0) is 6.92 Å². The maximum absolute atomic E-state index is 12.8. The summed E-state index contributed by atoms with van der Waals surface area (Å²) in [5, 5.41) is 8.12. The van der Waals surface area contributed by atoms with Crippen molar-refractivity contribution in [3.63, 3.8) is 0 Å². The second-order valence-electron chi connectivity index (χ2n) is 3.40. The third kappa shape index (κ3) is 2.95. The Balaban J connectivity index is 5.78. The van der Waals surface area contributed by atoms with Crippen LogP contribution in [0.3, 0.4) is 0 Å². The molecular weight excluding hydrogens is 299 g/mol. The quantitative estimate of drug-likeness (QED) is 0.638. The molecule has 0 spiro atoms. The molecule has 0 aromatic heterocycles. The van der Waals surface area contributed by atoms with Crippen LogP contribution in [0.15, 0.2) is 11.6 Å². The van der Waals surface area contributed by atoms with Crippen molar-refractivity contribution in [3.05, 3.63) is 11.6 Å². The third-order valence-corrected chi connectivity index (χ3v) is 1.90. The van der Waals surface area contributed by atoms with Gasteiger partial charge in [0.2, 0.25) is 0 Å². The number of allylic oxidation sites excluding steroid dienone is 1. The highest BCUT2D eigenvalue weighted by Crippen LogP contribution is 2.53. The van der Waals surface area contributed by atoms with Crippen molar-refractivity contribution in [2.45, 2.75) is 30.9 Å². The lowest BCUT2D eigenvalue weighted by Crippen LogP contribution is -2.60. The van der Waals surface area contributed by atoms with Gasteiger partial charge in [0.15, 0.2) is 0 Å². The highest BCUT2D eigenvalue weighted by molar-refractivity contribution is 5.86. The van der Waals surface area contributed by atoms with E-state index in [2.05, 4.69) is 0 Å². The third-order valence-electron chi connectivity index (χ3n) is 1.90. The topological polar surface area (TPSA) is 37.3 Å². The number of halogens is 9. The molecule has 0 unspecified atom stereocenters. The zero-order valence-corrected chi connectivity index (χ0v) is 8.83. The summed E-state index contributed by atoms with van der Waals surface area (Å²) in [6, 6.07) is 0. The molecule has 0 aliphatic carbocycles. The minimum absolute atomic E-state index is 0.331. The zero-order chi connectivity index (χ0) is 15.9. The highest BCUT2D eigenvalue weighted by atomic mass is 19.4. The van der Waals surface area contributed by atoms with Crippen molar-refractivity contribution in [2.24, 2.45) is 0 Å². The van der Waals surface area contributed by atoms with E-state index in [4.69, 9.17) is 5.11 Å². The van der Waals surface area contributed by atoms with Crippen LogP contribution in [0, 0.1) is 0 Å². The Labute approximate surface area is 99.0 Å². The minimum atomic E-state index is -7.03. The van der Waals surface area contributed by atoms with Gasteiger partial charge in [0.25, 0.3) is 0 Å². The first-order valence-electron chi connectivity index (χ1n) is 4.21. The summed E-state index contributed by atoms with van der Waals surface area (Å²) in [5.41, 5.74) is -1.51. The minimum Gasteiger partial charge on any atom is -0.478 e. The molecule has 0 bridgehead atoms. The Bertz CT molecular complexity index is 394. The number of alkyl halides is 9. The average molecular weight is 304 g/mol. The molecule has 0 atom stereocenters. The lowest BCUT2D eigenvalue weighted by Gasteiger charge is -2.32. The first kappa shape index (κ1) is 17.6. The maximum atomic E-state index is 12.8. The summed E-state index contributed by atoms with van der Waals surface area (Å²) < 4.78 is 110. The number of carboxylic acids is 1. The smallest absolute Gasteiger partial charge is 0.460 e. The predicted octanol–water partition coefficient (Wildman–Crippen LogP) is 3.49. The molecule has 0 amide bonds. The van der Waals surface area contributed by atoms with E-state index in [0.29, 0.717) is 6.92 Å². The van der Waals surface area contributed by atoms with Gasteiger partial charge in [-0.25, -0.2) is 4.79 Å². The molecule has 0 aliphatic heterocycles. The molecule has 0 saturated heterocycles. The Morgan fingerprint density at radius 1 is 0.895 bits per heavy atom. The molecule has 11 heteroatoms. The number of hydrogen-bond acceptors (Lipinski definition) is 1. The molecule has 0 heterocycles. The highest BCUT2D eigenvalue weighted by Gasteiger charge is 2.81. The molecule has 0 saturated carbocycles. The van der Waals surface area contributed by atoms with Crippen LogP contribution in [0.25, 0.3) is 0 Å². The Hall–Kier alpha value is -1.42. The van der Waals surface area contributed by atoms with Gasteiger partial charge in [-0.3, -0.25) is 0 Å². The standard InChI is InChI=1S/C8H5F9O2/c1-3(4(18)19)2-5(9,10)6(11,12)7(13,14)8(15,16)17/h2H,1H3,(H,18,19)/b3-2+. The van der Waals surface area contributed by atoms with Gasteiger partial charge in [-0.2, -0.15) is 39.5 Å². The van der Waals surface area contributed by atoms with Gasteiger partial charge in [0.05, 0.1) is 0 Å². The van der Waals surface area contributed by atoms with Gasteiger partial charge in [0.1, 0.15) is 0 Å². The Morgan fingerprint density at radius 3 is 1.53 bits per heavy atom. The van der Waals surface area contributed by atoms with Crippen LogP contribution in [0.2, 0.25) is 0 Å². The summed E-state index contributed by atoms with van der Waals surface area (Å²) in [5.74, 6) is -22.0. The van der Waals surface area contributed by atoms with Crippen LogP contribution in [-0.2, 0) is 4.79 Å². The van der Waals surface area contributed by atoms with Crippen molar-refractivity contribution in [1.29, 1.82) is 0 Å². The fourth-order valence-electron chi connectivity index (χ4n) is 0.812. The van der Waals surface area contributed by atoms with Gasteiger partial charge in [-0.15, -0.1) is 0 Å². The van der Waals surface area contributed by atoms with E-state index in [9.17, 15) is 44.3 Å². The van der Waals surface area contributed by atoms with E-state index in [0.717, 1.165) is 0 Å². The number of carbonyl (C=O) groups is 1. The van der Waals surface area contributed by atoms with Gasteiger partial charge in [-0.1, -0.05) is 0 Å². The molecule has 0 radical (unpaired) electrons. The SMILES string of the molecule is C/C(=C\C(F)(F)C(F)(F)C(F)(F)C(F)(F)F)C(=O)O. The van der Waals surface area contributed by atoms with E-state index < -0.39 is 41.6 Å². The molecule has 112 valence electrons. The van der Waals surface area contributed by atoms with E-state index in [1.54, 1.807) is 0 Å². The number of carboxylic acid groups (broad SMARTS) is 1. The number of hydrogen-bond donors (Lipinski definition) is 1. The summed E-state index contributed by atoms with van der Waals surface area (Å²) in [6.45, 7) is 0.331. The van der Waals surface area contributed by atoms with E-state index in [1.807, 2.05) is 0 Å². The van der Waals surface area contributed by atoms with Crippen molar-refractivity contribution >= 4 is 5.97 Å². The van der Waals surface area contributed by atoms with Crippen molar-refractivity contribution < 1.29 is 49.4 Å². The summed E-state index contributed by atoms with van der Waals surface area (Å²) >= 11 is 0. The molecule has 1 N–H and O–H groups in total. The van der Waals surface area contributed by atoms with Crippen LogP contribution < -0.4 is 0 Å². The average Bonchev–Trinajstić information content (AvgIpc) is 2.14. The second kappa shape index (κ2) is 4.60. The molecule has 0 fully saturated rings. The van der Waals surface area contributed by atoms with Gasteiger partial charge >= 0.3 is 29.9 Å². The first-order valence-corrected chi connectivity index (χ1v) is 4.21. The van der Waals surface area contributed by atoms with Gasteiger partial charge < -0.3 is 5.11 Å². The van der Waals surface area contributed by atoms with Crippen LogP contribution in [-0.4, -0.2) is 35.0 Å². The van der Waals surface area contributed by atoms with E-state index in [-0.39, 0.29) is 0 Å². The largest absolute Gasteiger partial charge is 0.478 e. The summed E-state index contributed by atoms with van der Waals surface area (Å²) in [7, 11) is 0.